The zero-order valence-corrected chi connectivity index (χ0v) is 13.1. The Morgan fingerprint density at radius 1 is 1.33 bits per heavy atom. The molecule has 0 aliphatic rings. The van der Waals surface area contributed by atoms with Crippen molar-refractivity contribution in [1.82, 2.24) is 9.97 Å². The molecule has 1 amide bonds. The summed E-state index contributed by atoms with van der Waals surface area (Å²) in [7, 11) is 0. The fraction of sp³-hybridized carbons (Fsp3) is 0.118. The van der Waals surface area contributed by atoms with Gasteiger partial charge in [0.1, 0.15) is 11.6 Å². The standard InChI is InChI=1S/C17H17N5O2/c1-2-24-14-7-6-10(8-12(14)18)17(23)22-16(19)11-4-3-5-13-15(11)21-9-20-13/h3-9H,2,18H2,1H3,(H,20,21)(H2,19,22,23). The summed E-state index contributed by atoms with van der Waals surface area (Å²) in [5.74, 6) is 0.159. The number of anilines is 1. The lowest BCUT2D eigenvalue weighted by Crippen LogP contribution is -2.16. The molecule has 0 aliphatic heterocycles. The second-order valence-corrected chi connectivity index (χ2v) is 5.09. The van der Waals surface area contributed by atoms with Gasteiger partial charge in [-0.15, -0.1) is 0 Å². The number of carbonyl (C=O) groups excluding carboxylic acids is 1. The van der Waals surface area contributed by atoms with Gasteiger partial charge in [-0.1, -0.05) is 6.07 Å². The Morgan fingerprint density at radius 2 is 2.17 bits per heavy atom. The van der Waals surface area contributed by atoms with Crippen molar-refractivity contribution in [3.05, 3.63) is 53.9 Å². The van der Waals surface area contributed by atoms with E-state index in [9.17, 15) is 4.79 Å². The number of nitrogens with one attached hydrogen (secondary N) is 1. The molecule has 7 heteroatoms. The first-order valence-electron chi connectivity index (χ1n) is 7.43. The lowest BCUT2D eigenvalue weighted by molar-refractivity contribution is 0.100. The number of aromatic amines is 1. The lowest BCUT2D eigenvalue weighted by Gasteiger charge is -2.07. The van der Waals surface area contributed by atoms with Crippen molar-refractivity contribution < 1.29 is 9.53 Å². The number of nitrogen functional groups attached to an aromatic ring is 1. The summed E-state index contributed by atoms with van der Waals surface area (Å²) < 4.78 is 5.35. The van der Waals surface area contributed by atoms with Gasteiger partial charge >= 0.3 is 0 Å². The average Bonchev–Trinajstić information content (AvgIpc) is 3.05. The molecule has 0 fully saturated rings. The van der Waals surface area contributed by atoms with E-state index in [0.717, 1.165) is 5.52 Å². The van der Waals surface area contributed by atoms with Crippen molar-refractivity contribution in [3.8, 4) is 5.75 Å². The van der Waals surface area contributed by atoms with Crippen LogP contribution in [0.5, 0.6) is 5.75 Å². The molecular formula is C17H17N5O2. The number of hydrogen-bond acceptors (Lipinski definition) is 4. The Kier molecular flexibility index (Phi) is 4.15. The molecule has 1 aromatic heterocycles. The van der Waals surface area contributed by atoms with E-state index in [2.05, 4.69) is 15.0 Å². The summed E-state index contributed by atoms with van der Waals surface area (Å²) in [6.07, 6.45) is 1.57. The van der Waals surface area contributed by atoms with Crippen molar-refractivity contribution in [3.63, 3.8) is 0 Å². The number of H-pyrrole nitrogens is 1. The molecule has 0 unspecified atom stereocenters. The minimum Gasteiger partial charge on any atom is -0.492 e. The normalized spacial score (nSPS) is 11.6. The van der Waals surface area contributed by atoms with Gasteiger partial charge in [0.05, 0.1) is 29.7 Å². The highest BCUT2D eigenvalue weighted by Gasteiger charge is 2.12. The largest absolute Gasteiger partial charge is 0.492 e. The Bertz CT molecular complexity index is 930. The summed E-state index contributed by atoms with van der Waals surface area (Å²) in [6.45, 7) is 2.36. The number of rotatable bonds is 4. The number of para-hydroxylation sites is 1. The minimum absolute atomic E-state index is 0.102. The third-order valence-electron chi connectivity index (χ3n) is 3.50. The van der Waals surface area contributed by atoms with Crippen LogP contribution in [0.15, 0.2) is 47.7 Å². The second kappa shape index (κ2) is 6.41. The van der Waals surface area contributed by atoms with E-state index >= 15 is 0 Å². The molecule has 3 rings (SSSR count). The van der Waals surface area contributed by atoms with Crippen molar-refractivity contribution in [2.45, 2.75) is 6.92 Å². The summed E-state index contributed by atoms with van der Waals surface area (Å²) in [5.41, 5.74) is 14.7. The van der Waals surface area contributed by atoms with Crippen LogP contribution in [0.4, 0.5) is 5.69 Å². The highest BCUT2D eigenvalue weighted by Crippen LogP contribution is 2.23. The highest BCUT2D eigenvalue weighted by molar-refractivity contribution is 6.13. The molecule has 24 heavy (non-hydrogen) atoms. The number of nitrogens with two attached hydrogens (primary N) is 2. The molecule has 7 nitrogen and oxygen atoms in total. The molecule has 0 bridgehead atoms. The topological polar surface area (TPSA) is 119 Å². The number of carbonyl (C=O) groups is 1. The summed E-state index contributed by atoms with van der Waals surface area (Å²) in [4.78, 5) is 23.5. The Labute approximate surface area is 138 Å². The van der Waals surface area contributed by atoms with Crippen LogP contribution in [-0.4, -0.2) is 28.3 Å². The van der Waals surface area contributed by atoms with Crippen molar-refractivity contribution in [2.24, 2.45) is 10.7 Å². The molecule has 0 atom stereocenters. The number of fused-ring (bicyclic) bond motifs is 1. The van der Waals surface area contributed by atoms with E-state index in [1.807, 2.05) is 19.1 Å². The maximum Gasteiger partial charge on any atom is 0.279 e. The number of nitrogens with zero attached hydrogens (tertiary/aromatic N) is 2. The molecule has 0 saturated heterocycles. The van der Waals surface area contributed by atoms with Gasteiger partial charge < -0.3 is 21.2 Å². The number of amides is 1. The van der Waals surface area contributed by atoms with Crippen LogP contribution >= 0.6 is 0 Å². The molecule has 122 valence electrons. The van der Waals surface area contributed by atoms with E-state index in [1.54, 1.807) is 24.5 Å². The van der Waals surface area contributed by atoms with Crippen LogP contribution in [0.25, 0.3) is 11.0 Å². The third kappa shape index (κ3) is 2.91. The van der Waals surface area contributed by atoms with Crippen LogP contribution in [0.3, 0.4) is 0 Å². The number of aliphatic imine (C=N–C) groups is 1. The molecular weight excluding hydrogens is 306 g/mol. The summed E-state index contributed by atoms with van der Waals surface area (Å²) in [5, 5.41) is 0. The van der Waals surface area contributed by atoms with E-state index in [-0.39, 0.29) is 5.84 Å². The van der Waals surface area contributed by atoms with Crippen molar-refractivity contribution in [2.75, 3.05) is 12.3 Å². The van der Waals surface area contributed by atoms with Crippen molar-refractivity contribution in [1.29, 1.82) is 0 Å². The Hall–Kier alpha value is -3.35. The number of amidine groups is 1. The van der Waals surface area contributed by atoms with E-state index in [0.29, 0.717) is 34.7 Å². The van der Waals surface area contributed by atoms with Gasteiger partial charge in [-0.05, 0) is 37.3 Å². The van der Waals surface area contributed by atoms with E-state index in [1.165, 1.54) is 6.07 Å². The van der Waals surface area contributed by atoms with Gasteiger partial charge in [0.25, 0.3) is 5.91 Å². The number of ether oxygens (including phenoxy) is 1. The number of benzene rings is 2. The fourth-order valence-corrected chi connectivity index (χ4v) is 2.37. The molecule has 3 aromatic rings. The van der Waals surface area contributed by atoms with E-state index in [4.69, 9.17) is 16.2 Å². The number of imidazole rings is 1. The molecule has 0 saturated carbocycles. The zero-order chi connectivity index (χ0) is 17.1. The van der Waals surface area contributed by atoms with Crippen LogP contribution in [0.1, 0.15) is 22.8 Å². The van der Waals surface area contributed by atoms with Gasteiger partial charge in [0.15, 0.2) is 0 Å². The van der Waals surface area contributed by atoms with Crippen LogP contribution < -0.4 is 16.2 Å². The quantitative estimate of drug-likeness (QED) is 0.386. The first-order chi connectivity index (χ1) is 11.6. The fourth-order valence-electron chi connectivity index (χ4n) is 2.37. The van der Waals surface area contributed by atoms with Crippen LogP contribution in [-0.2, 0) is 0 Å². The molecule has 0 spiro atoms. The first-order valence-corrected chi connectivity index (χ1v) is 7.43. The average molecular weight is 323 g/mol. The van der Waals surface area contributed by atoms with Gasteiger partial charge in [-0.25, -0.2) is 4.98 Å². The van der Waals surface area contributed by atoms with E-state index < -0.39 is 5.91 Å². The first kappa shape index (κ1) is 15.5. The number of hydrogen-bond donors (Lipinski definition) is 3. The SMILES string of the molecule is CCOc1ccc(C(=O)N=C(N)c2cccc3[nH]cnc23)cc1N. The predicted molar refractivity (Wildman–Crippen MR) is 93.2 cm³/mol. The third-order valence-corrected chi connectivity index (χ3v) is 3.50. The van der Waals surface area contributed by atoms with Crippen LogP contribution in [0.2, 0.25) is 0 Å². The monoisotopic (exact) mass is 323 g/mol. The summed E-state index contributed by atoms with van der Waals surface area (Å²) >= 11 is 0. The Balaban J connectivity index is 1.91. The molecule has 5 N–H and O–H groups in total. The number of aromatic nitrogens is 2. The second-order valence-electron chi connectivity index (χ2n) is 5.09. The minimum atomic E-state index is -0.477. The lowest BCUT2D eigenvalue weighted by atomic mass is 10.1. The summed E-state index contributed by atoms with van der Waals surface area (Å²) in [6, 6.07) is 10.2. The van der Waals surface area contributed by atoms with Gasteiger partial charge in [-0.2, -0.15) is 4.99 Å². The molecule has 2 aromatic carbocycles. The molecule has 0 aliphatic carbocycles. The van der Waals surface area contributed by atoms with Gasteiger partial charge in [0.2, 0.25) is 0 Å². The zero-order valence-electron chi connectivity index (χ0n) is 13.1. The molecule has 1 heterocycles. The van der Waals surface area contributed by atoms with Gasteiger partial charge in [0, 0.05) is 11.1 Å². The predicted octanol–water partition coefficient (Wildman–Crippen LogP) is 2.09. The Morgan fingerprint density at radius 3 is 2.92 bits per heavy atom. The maximum atomic E-state index is 12.3. The van der Waals surface area contributed by atoms with Crippen molar-refractivity contribution >= 4 is 28.5 Å². The molecule has 0 radical (unpaired) electrons. The maximum absolute atomic E-state index is 12.3. The highest BCUT2D eigenvalue weighted by atomic mass is 16.5. The smallest absolute Gasteiger partial charge is 0.279 e. The van der Waals surface area contributed by atoms with Gasteiger partial charge in [-0.3, -0.25) is 4.79 Å². The van der Waals surface area contributed by atoms with Crippen LogP contribution in [0, 0.1) is 0 Å².